The number of amidine groups is 1. The van der Waals surface area contributed by atoms with Crippen molar-refractivity contribution in [3.63, 3.8) is 0 Å². The summed E-state index contributed by atoms with van der Waals surface area (Å²) in [5, 5.41) is 13.7. The zero-order valence-electron chi connectivity index (χ0n) is 5.00. The summed E-state index contributed by atoms with van der Waals surface area (Å²) in [6.07, 6.45) is 0. The van der Waals surface area contributed by atoms with E-state index < -0.39 is 0 Å². The van der Waals surface area contributed by atoms with Crippen LogP contribution in [0.3, 0.4) is 0 Å². The minimum absolute atomic E-state index is 0.516. The molecule has 0 heterocycles. The van der Waals surface area contributed by atoms with Crippen molar-refractivity contribution >= 4 is 12.6 Å². The van der Waals surface area contributed by atoms with E-state index in [1.165, 1.54) is 0 Å². The van der Waals surface area contributed by atoms with E-state index in [0.717, 1.165) is 0 Å². The van der Waals surface area contributed by atoms with Crippen LogP contribution in [0.15, 0.2) is 20.4 Å². The maximum absolute atomic E-state index is 3.56. The van der Waals surface area contributed by atoms with Gasteiger partial charge >= 0.3 is 0 Å². The van der Waals surface area contributed by atoms with Crippen LogP contribution in [0.2, 0.25) is 0 Å². The summed E-state index contributed by atoms with van der Waals surface area (Å²) in [6, 6.07) is 0. The molecule has 0 rings (SSSR count). The molecule has 0 spiro atoms. The average molecular weight is 112 g/mol. The molecule has 0 atom stereocenters. The molecule has 0 radical (unpaired) electrons. The summed E-state index contributed by atoms with van der Waals surface area (Å²) in [4.78, 5) is 0. The second-order valence-corrected chi connectivity index (χ2v) is 1.09. The molecule has 0 aliphatic heterocycles. The molecule has 0 aromatic carbocycles. The van der Waals surface area contributed by atoms with Crippen LogP contribution in [0.4, 0.5) is 0 Å². The molecule has 0 amide bonds. The van der Waals surface area contributed by atoms with Crippen molar-refractivity contribution < 1.29 is 0 Å². The Balaban J connectivity index is 3.79. The number of hydrogen-bond donors (Lipinski definition) is 0. The van der Waals surface area contributed by atoms with Crippen LogP contribution in [-0.4, -0.2) is 19.6 Å². The molecule has 0 aromatic rings. The summed E-state index contributed by atoms with van der Waals surface area (Å²) >= 11 is 0. The summed E-state index contributed by atoms with van der Waals surface area (Å²) < 4.78 is 0. The zero-order chi connectivity index (χ0) is 6.41. The van der Waals surface area contributed by atoms with Crippen molar-refractivity contribution in [1.29, 1.82) is 0 Å². The Labute approximate surface area is 48.0 Å². The number of nitrogens with zero attached hydrogens (tertiary/aromatic N) is 4. The fourth-order valence-electron chi connectivity index (χ4n) is 0.267. The maximum Gasteiger partial charge on any atom is 0.169 e. The highest BCUT2D eigenvalue weighted by Crippen LogP contribution is 1.79. The lowest BCUT2D eigenvalue weighted by atomic mass is 10.7. The Morgan fingerprint density at radius 3 is 2.50 bits per heavy atom. The van der Waals surface area contributed by atoms with Gasteiger partial charge in [-0.2, -0.15) is 10.2 Å². The topological polar surface area (TPSA) is 49.4 Å². The van der Waals surface area contributed by atoms with Crippen molar-refractivity contribution in [2.45, 2.75) is 6.92 Å². The minimum Gasteiger partial charge on any atom is -0.191 e. The minimum atomic E-state index is 0.516. The predicted molar refractivity (Wildman–Crippen MR) is 33.4 cm³/mol. The maximum atomic E-state index is 3.56. The first-order chi connectivity index (χ1) is 3.81. The van der Waals surface area contributed by atoms with Gasteiger partial charge in [-0.3, -0.25) is 0 Å². The van der Waals surface area contributed by atoms with Crippen LogP contribution in [-0.2, 0) is 0 Å². The largest absolute Gasteiger partial charge is 0.191 e. The van der Waals surface area contributed by atoms with Crippen molar-refractivity contribution in [2.75, 3.05) is 7.05 Å². The van der Waals surface area contributed by atoms with Crippen LogP contribution < -0.4 is 0 Å². The summed E-state index contributed by atoms with van der Waals surface area (Å²) in [6.45, 7) is 4.84. The Bertz CT molecular complexity index is 124. The Morgan fingerprint density at radius 1 is 1.50 bits per heavy atom. The van der Waals surface area contributed by atoms with E-state index in [1.807, 2.05) is 0 Å². The molecular formula is C4H8N4. The molecule has 4 nitrogen and oxygen atoms in total. The first-order valence-corrected chi connectivity index (χ1v) is 2.11. The van der Waals surface area contributed by atoms with E-state index >= 15 is 0 Å². The van der Waals surface area contributed by atoms with Crippen LogP contribution in [0.1, 0.15) is 6.92 Å². The summed E-state index contributed by atoms with van der Waals surface area (Å²) in [5.41, 5.74) is 0. The zero-order valence-corrected chi connectivity index (χ0v) is 5.00. The molecule has 0 fully saturated rings. The van der Waals surface area contributed by atoms with E-state index in [2.05, 4.69) is 27.1 Å². The van der Waals surface area contributed by atoms with Gasteiger partial charge in [0, 0.05) is 13.8 Å². The Kier molecular flexibility index (Phi) is 3.56. The second kappa shape index (κ2) is 4.11. The molecule has 0 bridgehead atoms. The molecule has 0 aliphatic carbocycles. The lowest BCUT2D eigenvalue weighted by Gasteiger charge is -1.79. The first kappa shape index (κ1) is 6.94. The molecule has 0 saturated carbocycles. The molecule has 44 valence electrons. The summed E-state index contributed by atoms with van der Waals surface area (Å²) in [7, 11) is 1.57. The van der Waals surface area contributed by atoms with Crippen LogP contribution in [0, 0.1) is 0 Å². The van der Waals surface area contributed by atoms with Gasteiger partial charge in [0.15, 0.2) is 5.84 Å². The molecule has 4 heteroatoms. The quantitative estimate of drug-likeness (QED) is 0.211. The standard InChI is InChI=1S/C4H8N4/c1-4(7-5-2)8-6-3/h2H2,1,3H3/b7-4-,8-6?. The van der Waals surface area contributed by atoms with Gasteiger partial charge in [-0.15, -0.1) is 10.2 Å². The van der Waals surface area contributed by atoms with Crippen molar-refractivity contribution in [3.8, 4) is 0 Å². The molecule has 8 heavy (non-hydrogen) atoms. The number of azo groups is 1. The van der Waals surface area contributed by atoms with Gasteiger partial charge in [0.25, 0.3) is 0 Å². The second-order valence-electron chi connectivity index (χ2n) is 1.09. The van der Waals surface area contributed by atoms with Gasteiger partial charge in [-0.25, -0.2) is 0 Å². The highest BCUT2D eigenvalue weighted by Gasteiger charge is 1.77. The van der Waals surface area contributed by atoms with Crippen LogP contribution >= 0.6 is 0 Å². The third-order valence-electron chi connectivity index (χ3n) is 0.460. The van der Waals surface area contributed by atoms with Gasteiger partial charge in [0.2, 0.25) is 0 Å². The van der Waals surface area contributed by atoms with E-state index in [9.17, 15) is 0 Å². The summed E-state index contributed by atoms with van der Waals surface area (Å²) in [5.74, 6) is 0.516. The van der Waals surface area contributed by atoms with Gasteiger partial charge in [-0.05, 0) is 6.92 Å². The third-order valence-corrected chi connectivity index (χ3v) is 0.460. The highest BCUT2D eigenvalue weighted by atomic mass is 15.3. The predicted octanol–water partition coefficient (Wildman–Crippen LogP) is 1.10. The Morgan fingerprint density at radius 2 is 2.12 bits per heavy atom. The van der Waals surface area contributed by atoms with Crippen molar-refractivity contribution in [2.24, 2.45) is 20.4 Å². The van der Waals surface area contributed by atoms with Crippen molar-refractivity contribution in [1.82, 2.24) is 0 Å². The fourth-order valence-corrected chi connectivity index (χ4v) is 0.267. The lowest BCUT2D eigenvalue weighted by Crippen LogP contribution is -1.79. The molecule has 0 N–H and O–H groups in total. The van der Waals surface area contributed by atoms with E-state index in [-0.39, 0.29) is 0 Å². The van der Waals surface area contributed by atoms with Gasteiger partial charge in [0.1, 0.15) is 0 Å². The highest BCUT2D eigenvalue weighted by molar-refractivity contribution is 5.79. The molecule has 0 aliphatic rings. The Hall–Kier alpha value is -1.06. The van der Waals surface area contributed by atoms with E-state index in [0.29, 0.717) is 5.84 Å². The van der Waals surface area contributed by atoms with E-state index in [4.69, 9.17) is 0 Å². The average Bonchev–Trinajstić information content (AvgIpc) is 1.68. The number of rotatable bonds is 1. The SMILES string of the molecule is C=N/N=C(/C)N=NC. The van der Waals surface area contributed by atoms with Gasteiger partial charge in [-0.1, -0.05) is 0 Å². The monoisotopic (exact) mass is 112 g/mol. The smallest absolute Gasteiger partial charge is 0.169 e. The normalized spacial score (nSPS) is 12.5. The third kappa shape index (κ3) is 3.14. The van der Waals surface area contributed by atoms with E-state index in [1.54, 1.807) is 14.0 Å². The molecule has 0 aromatic heterocycles. The van der Waals surface area contributed by atoms with Crippen molar-refractivity contribution in [3.05, 3.63) is 0 Å². The van der Waals surface area contributed by atoms with Gasteiger partial charge in [0.05, 0.1) is 0 Å². The fraction of sp³-hybridized carbons (Fsp3) is 0.500. The molecule has 0 unspecified atom stereocenters. The lowest BCUT2D eigenvalue weighted by molar-refractivity contribution is 1.15. The van der Waals surface area contributed by atoms with Crippen LogP contribution in [0.5, 0.6) is 0 Å². The van der Waals surface area contributed by atoms with Gasteiger partial charge < -0.3 is 0 Å². The molecular weight excluding hydrogens is 104 g/mol. The number of hydrogen-bond acceptors (Lipinski definition) is 3. The molecule has 0 saturated heterocycles. The first-order valence-electron chi connectivity index (χ1n) is 2.11. The van der Waals surface area contributed by atoms with Crippen LogP contribution in [0.25, 0.3) is 0 Å².